The van der Waals surface area contributed by atoms with Crippen molar-refractivity contribution in [2.75, 3.05) is 19.8 Å². The summed E-state index contributed by atoms with van der Waals surface area (Å²) in [4.78, 5) is 26.2. The van der Waals surface area contributed by atoms with Gasteiger partial charge in [-0.25, -0.2) is 0 Å². The van der Waals surface area contributed by atoms with Gasteiger partial charge in [0.1, 0.15) is 0 Å². The minimum Gasteiger partial charge on any atom is -0.465 e. The smallest absolute Gasteiger partial charge is 0.323 e. The Morgan fingerprint density at radius 2 is 1.00 bits per heavy atom. The molecule has 40 heavy (non-hydrogen) atoms. The number of hydrogen-bond donors (Lipinski definition) is 0. The molecule has 0 aliphatic carbocycles. The Labute approximate surface area is 246 Å². The summed E-state index contributed by atoms with van der Waals surface area (Å²) in [6, 6.07) is 10.2. The topological polar surface area (TPSA) is 61.8 Å². The van der Waals surface area contributed by atoms with Crippen LogP contribution in [0.25, 0.3) is 0 Å². The van der Waals surface area contributed by atoms with Gasteiger partial charge in [-0.15, -0.1) is 0 Å². The van der Waals surface area contributed by atoms with Crippen molar-refractivity contribution in [1.29, 1.82) is 0 Å². The van der Waals surface area contributed by atoms with E-state index in [-0.39, 0.29) is 0 Å². The van der Waals surface area contributed by atoms with Crippen molar-refractivity contribution < 1.29 is 23.8 Å². The van der Waals surface area contributed by atoms with Crippen LogP contribution < -0.4 is 0 Å². The number of hydrogen-bond acceptors (Lipinski definition) is 5. The molecule has 0 aromatic heterocycles. The zero-order valence-corrected chi connectivity index (χ0v) is 26.2. The number of rotatable bonds is 27. The number of carbonyl (C=O) groups excluding carboxylic acids is 2. The highest BCUT2D eigenvalue weighted by Gasteiger charge is 2.43. The van der Waals surface area contributed by atoms with Crippen molar-refractivity contribution in [2.45, 2.75) is 149 Å². The Kier molecular flexibility index (Phi) is 22.5. The molecular formula is C35H60O5. The minimum absolute atomic E-state index is 0.380. The van der Waals surface area contributed by atoms with Crippen LogP contribution >= 0.6 is 0 Å². The summed E-state index contributed by atoms with van der Waals surface area (Å²) in [5.74, 6) is -0.845. The Hall–Kier alpha value is -1.88. The molecule has 0 N–H and O–H groups in total. The average molecular weight is 561 g/mol. The lowest BCUT2D eigenvalue weighted by Gasteiger charge is -2.25. The van der Waals surface area contributed by atoms with Crippen molar-refractivity contribution in [2.24, 2.45) is 5.41 Å². The van der Waals surface area contributed by atoms with Crippen LogP contribution in [0.4, 0.5) is 0 Å². The summed E-state index contributed by atoms with van der Waals surface area (Å²) >= 11 is 0. The van der Waals surface area contributed by atoms with Crippen LogP contribution in [0.3, 0.4) is 0 Å². The maximum Gasteiger partial charge on any atom is 0.323 e. The maximum absolute atomic E-state index is 13.1. The zero-order valence-electron chi connectivity index (χ0n) is 26.2. The summed E-state index contributed by atoms with van der Waals surface area (Å²) in [5.41, 5.74) is -0.0464. The van der Waals surface area contributed by atoms with E-state index in [1.807, 2.05) is 18.2 Å². The van der Waals surface area contributed by atoms with E-state index in [4.69, 9.17) is 14.2 Å². The van der Waals surface area contributed by atoms with Gasteiger partial charge in [0, 0.05) is 6.61 Å². The third kappa shape index (κ3) is 17.7. The van der Waals surface area contributed by atoms with Crippen LogP contribution in [-0.4, -0.2) is 31.8 Å². The largest absolute Gasteiger partial charge is 0.465 e. The maximum atomic E-state index is 13.1. The van der Waals surface area contributed by atoms with E-state index in [1.54, 1.807) is 6.92 Å². The van der Waals surface area contributed by atoms with Gasteiger partial charge in [-0.2, -0.15) is 0 Å². The van der Waals surface area contributed by atoms with Gasteiger partial charge < -0.3 is 14.2 Å². The lowest BCUT2D eigenvalue weighted by molar-refractivity contribution is -0.172. The van der Waals surface area contributed by atoms with E-state index in [0.29, 0.717) is 32.8 Å². The molecule has 5 heteroatoms. The Morgan fingerprint density at radius 3 is 1.50 bits per heavy atom. The molecule has 0 aliphatic heterocycles. The molecule has 0 saturated carbocycles. The first-order chi connectivity index (χ1) is 19.5. The van der Waals surface area contributed by atoms with Crippen LogP contribution in [0.15, 0.2) is 30.3 Å². The first-order valence-corrected chi connectivity index (χ1v) is 16.5. The van der Waals surface area contributed by atoms with Gasteiger partial charge in [0.15, 0.2) is 5.41 Å². The lowest BCUT2D eigenvalue weighted by Crippen LogP contribution is -2.39. The van der Waals surface area contributed by atoms with Gasteiger partial charge in [0.05, 0.1) is 19.8 Å². The minimum atomic E-state index is -1.23. The number of unbranched alkanes of at least 4 members (excludes halogenated alkanes) is 15. The van der Waals surface area contributed by atoms with E-state index in [0.717, 1.165) is 51.4 Å². The molecule has 1 rings (SSSR count). The number of carbonyl (C=O) groups is 2. The van der Waals surface area contributed by atoms with E-state index in [9.17, 15) is 9.59 Å². The predicted octanol–water partition coefficient (Wildman–Crippen LogP) is 9.75. The summed E-state index contributed by atoms with van der Waals surface area (Å²) in [5, 5.41) is 0. The van der Waals surface area contributed by atoms with Crippen LogP contribution in [0.1, 0.15) is 148 Å². The van der Waals surface area contributed by atoms with E-state index in [2.05, 4.69) is 26.0 Å². The first-order valence-electron chi connectivity index (χ1n) is 16.5. The van der Waals surface area contributed by atoms with E-state index >= 15 is 0 Å². The number of ether oxygens (including phenoxy) is 3. The molecule has 0 amide bonds. The van der Waals surface area contributed by atoms with Gasteiger partial charge >= 0.3 is 11.9 Å². The quantitative estimate of drug-likeness (QED) is 0.0609. The Bertz CT molecular complexity index is 735. The molecule has 1 aromatic rings. The molecule has 0 spiro atoms. The summed E-state index contributed by atoms with van der Waals surface area (Å²) in [6.45, 7) is 8.26. The molecule has 0 fully saturated rings. The SMILES string of the molecule is CCCCCCCCCCOC(=O)C(C)(CCCCCCOCc1ccccc1)C(=O)OCCCCCCCC. The highest BCUT2D eigenvalue weighted by Crippen LogP contribution is 2.29. The molecular weight excluding hydrogens is 500 g/mol. The van der Waals surface area contributed by atoms with Crippen molar-refractivity contribution in [3.05, 3.63) is 35.9 Å². The average Bonchev–Trinajstić information content (AvgIpc) is 2.97. The Balaban J connectivity index is 2.38. The van der Waals surface area contributed by atoms with Crippen molar-refractivity contribution in [1.82, 2.24) is 0 Å². The van der Waals surface area contributed by atoms with Gasteiger partial charge in [0.2, 0.25) is 0 Å². The molecule has 1 aromatic carbocycles. The van der Waals surface area contributed by atoms with Gasteiger partial charge in [-0.1, -0.05) is 140 Å². The molecule has 0 radical (unpaired) electrons. The first kappa shape index (κ1) is 36.1. The van der Waals surface area contributed by atoms with Crippen LogP contribution in [0.2, 0.25) is 0 Å². The third-order valence-corrected chi connectivity index (χ3v) is 7.69. The number of benzene rings is 1. The molecule has 0 bridgehead atoms. The summed E-state index contributed by atoms with van der Waals surface area (Å²) in [6.07, 6.45) is 20.4. The van der Waals surface area contributed by atoms with E-state index in [1.165, 1.54) is 69.8 Å². The predicted molar refractivity (Wildman–Crippen MR) is 165 cm³/mol. The van der Waals surface area contributed by atoms with Crippen LogP contribution in [0.5, 0.6) is 0 Å². The van der Waals surface area contributed by atoms with Gasteiger partial charge in [0.25, 0.3) is 0 Å². The zero-order chi connectivity index (χ0) is 29.2. The molecule has 1 unspecified atom stereocenters. The molecule has 230 valence electrons. The van der Waals surface area contributed by atoms with Gasteiger partial charge in [-0.05, 0) is 38.2 Å². The second-order valence-electron chi connectivity index (χ2n) is 11.5. The summed E-state index contributed by atoms with van der Waals surface area (Å²) < 4.78 is 17.0. The van der Waals surface area contributed by atoms with Crippen LogP contribution in [-0.2, 0) is 30.4 Å². The number of esters is 2. The molecule has 0 saturated heterocycles. The standard InChI is InChI=1S/C35H60O5/c1-4-6-8-10-12-13-16-24-30-40-34(37)35(3,33(36)39-29-23-15-11-9-7-5-2)27-21-14-17-22-28-38-31-32-25-19-18-20-26-32/h18-20,25-26H,4-17,21-24,27-31H2,1-3H3. The normalized spacial score (nSPS) is 12.7. The monoisotopic (exact) mass is 560 g/mol. The third-order valence-electron chi connectivity index (χ3n) is 7.69. The highest BCUT2D eigenvalue weighted by molar-refractivity contribution is 5.99. The highest BCUT2D eigenvalue weighted by atomic mass is 16.6. The van der Waals surface area contributed by atoms with E-state index < -0.39 is 17.4 Å². The molecule has 1 atom stereocenters. The van der Waals surface area contributed by atoms with Crippen molar-refractivity contribution in [3.8, 4) is 0 Å². The Morgan fingerprint density at radius 1 is 0.575 bits per heavy atom. The fourth-order valence-electron chi connectivity index (χ4n) is 4.85. The molecule has 0 aliphatic rings. The fourth-order valence-corrected chi connectivity index (χ4v) is 4.85. The molecule has 5 nitrogen and oxygen atoms in total. The second-order valence-corrected chi connectivity index (χ2v) is 11.5. The fraction of sp³-hybridized carbons (Fsp3) is 0.771. The van der Waals surface area contributed by atoms with Crippen molar-refractivity contribution >= 4 is 11.9 Å². The van der Waals surface area contributed by atoms with Crippen molar-refractivity contribution in [3.63, 3.8) is 0 Å². The second kappa shape index (κ2) is 24.9. The lowest BCUT2D eigenvalue weighted by atomic mass is 9.84. The molecule has 0 heterocycles. The van der Waals surface area contributed by atoms with Crippen LogP contribution in [0, 0.1) is 5.41 Å². The summed E-state index contributed by atoms with van der Waals surface area (Å²) in [7, 11) is 0. The van der Waals surface area contributed by atoms with Gasteiger partial charge in [-0.3, -0.25) is 9.59 Å².